The Bertz CT molecular complexity index is 300. The fourth-order valence-corrected chi connectivity index (χ4v) is 1.45. The molecule has 4 nitrogen and oxygen atoms in total. The predicted octanol–water partition coefficient (Wildman–Crippen LogP) is 0.716. The molecule has 4 heteroatoms. The molecule has 0 amide bonds. The fourth-order valence-electron chi connectivity index (χ4n) is 1.45. The Labute approximate surface area is 82.2 Å². The summed E-state index contributed by atoms with van der Waals surface area (Å²) in [6, 6.07) is 7.23. The highest BCUT2D eigenvalue weighted by Crippen LogP contribution is 2.24. The molecule has 0 aliphatic carbocycles. The zero-order chi connectivity index (χ0) is 10.6. The second kappa shape index (κ2) is 4.62. The van der Waals surface area contributed by atoms with E-state index in [2.05, 4.69) is 5.32 Å². The summed E-state index contributed by atoms with van der Waals surface area (Å²) in [6.07, 6.45) is 0.589. The van der Waals surface area contributed by atoms with Crippen LogP contribution in [0.5, 0.6) is 0 Å². The van der Waals surface area contributed by atoms with E-state index in [1.165, 1.54) is 0 Å². The molecule has 0 spiro atoms. The number of carboxylic acid groups (broad SMARTS) is 1. The largest absolute Gasteiger partial charge is 0.480 e. The number of para-hydroxylation sites is 1. The lowest BCUT2D eigenvalue weighted by Crippen LogP contribution is -2.26. The van der Waals surface area contributed by atoms with Crippen molar-refractivity contribution in [3.8, 4) is 0 Å². The topological polar surface area (TPSA) is 69.6 Å². The molecule has 2 rings (SSSR count). The fraction of sp³-hybridized carbons (Fsp3) is 0.300. The molecule has 1 aliphatic rings. The molecule has 1 heterocycles. The van der Waals surface area contributed by atoms with E-state index in [0.717, 1.165) is 18.4 Å². The van der Waals surface area contributed by atoms with Crippen LogP contribution >= 0.6 is 0 Å². The van der Waals surface area contributed by atoms with Crippen LogP contribution in [-0.2, 0) is 11.2 Å². The third-order valence-electron chi connectivity index (χ3n) is 2.07. The molecular formula is C10H13NO3. The summed E-state index contributed by atoms with van der Waals surface area (Å²) < 4.78 is 0. The summed E-state index contributed by atoms with van der Waals surface area (Å²) in [7, 11) is 1.00. The number of benzene rings is 1. The molecule has 0 bridgehead atoms. The van der Waals surface area contributed by atoms with Crippen molar-refractivity contribution in [1.29, 1.82) is 0 Å². The average molecular weight is 195 g/mol. The molecule has 0 saturated heterocycles. The smallest absolute Gasteiger partial charge is 0.326 e. The highest BCUT2D eigenvalue weighted by atomic mass is 16.4. The highest BCUT2D eigenvalue weighted by Gasteiger charge is 2.25. The normalized spacial score (nSPS) is 17.4. The number of hydrogen-bond acceptors (Lipinski definition) is 3. The van der Waals surface area contributed by atoms with Crippen LogP contribution in [0.1, 0.15) is 5.56 Å². The van der Waals surface area contributed by atoms with Crippen molar-refractivity contribution in [2.24, 2.45) is 0 Å². The minimum atomic E-state index is -0.786. The molecule has 0 radical (unpaired) electrons. The van der Waals surface area contributed by atoms with E-state index in [-0.39, 0.29) is 0 Å². The Morgan fingerprint density at radius 1 is 1.43 bits per heavy atom. The lowest BCUT2D eigenvalue weighted by Gasteiger charge is -2.02. The summed E-state index contributed by atoms with van der Waals surface area (Å²) in [5, 5.41) is 18.7. The molecule has 14 heavy (non-hydrogen) atoms. The first-order chi connectivity index (χ1) is 6.77. The Morgan fingerprint density at radius 3 is 2.64 bits per heavy atom. The second-order valence-electron chi connectivity index (χ2n) is 2.90. The van der Waals surface area contributed by atoms with Crippen LogP contribution in [0, 0.1) is 0 Å². The number of aliphatic carboxylic acids is 1. The maximum absolute atomic E-state index is 10.6. The van der Waals surface area contributed by atoms with Crippen molar-refractivity contribution in [3.63, 3.8) is 0 Å². The number of nitrogens with one attached hydrogen (secondary N) is 1. The predicted molar refractivity (Wildman–Crippen MR) is 53.3 cm³/mol. The van der Waals surface area contributed by atoms with Crippen LogP contribution in [0.25, 0.3) is 0 Å². The first-order valence-corrected chi connectivity index (χ1v) is 4.29. The Hall–Kier alpha value is -1.55. The Kier molecular flexibility index (Phi) is 3.48. The monoisotopic (exact) mass is 195 g/mol. The molecule has 1 aromatic rings. The van der Waals surface area contributed by atoms with Gasteiger partial charge in [0.15, 0.2) is 0 Å². The lowest BCUT2D eigenvalue weighted by molar-refractivity contribution is -0.137. The van der Waals surface area contributed by atoms with Gasteiger partial charge in [-0.1, -0.05) is 18.2 Å². The first kappa shape index (κ1) is 10.5. The van der Waals surface area contributed by atoms with Gasteiger partial charge in [0, 0.05) is 19.2 Å². The summed E-state index contributed by atoms with van der Waals surface area (Å²) in [6.45, 7) is 0. The maximum atomic E-state index is 10.6. The quantitative estimate of drug-likeness (QED) is 0.617. The lowest BCUT2D eigenvalue weighted by atomic mass is 10.1. The third-order valence-corrected chi connectivity index (χ3v) is 2.07. The van der Waals surface area contributed by atoms with Crippen LogP contribution in [0.15, 0.2) is 24.3 Å². The van der Waals surface area contributed by atoms with Crippen molar-refractivity contribution >= 4 is 11.7 Å². The second-order valence-corrected chi connectivity index (χ2v) is 2.90. The average Bonchev–Trinajstić information content (AvgIpc) is 2.64. The van der Waals surface area contributed by atoms with Crippen LogP contribution < -0.4 is 5.32 Å². The third kappa shape index (κ3) is 2.03. The minimum Gasteiger partial charge on any atom is -0.480 e. The molecule has 1 atom stereocenters. The zero-order valence-corrected chi connectivity index (χ0v) is 7.90. The summed E-state index contributed by atoms with van der Waals surface area (Å²) >= 11 is 0. The van der Waals surface area contributed by atoms with Gasteiger partial charge in [-0.2, -0.15) is 0 Å². The van der Waals surface area contributed by atoms with Gasteiger partial charge in [0.25, 0.3) is 0 Å². The number of hydrogen-bond donors (Lipinski definition) is 3. The van der Waals surface area contributed by atoms with Gasteiger partial charge >= 0.3 is 5.97 Å². The van der Waals surface area contributed by atoms with E-state index in [1.807, 2.05) is 24.3 Å². The van der Waals surface area contributed by atoms with Gasteiger partial charge in [-0.05, 0) is 11.6 Å². The molecular weight excluding hydrogens is 182 g/mol. The molecule has 1 aromatic carbocycles. The number of fused-ring (bicyclic) bond motifs is 1. The van der Waals surface area contributed by atoms with E-state index >= 15 is 0 Å². The van der Waals surface area contributed by atoms with Crippen molar-refractivity contribution in [3.05, 3.63) is 29.8 Å². The van der Waals surface area contributed by atoms with Crippen LogP contribution in [-0.4, -0.2) is 29.3 Å². The maximum Gasteiger partial charge on any atom is 0.326 e. The van der Waals surface area contributed by atoms with E-state index < -0.39 is 12.0 Å². The van der Waals surface area contributed by atoms with Gasteiger partial charge in [0.1, 0.15) is 6.04 Å². The summed E-state index contributed by atoms with van der Waals surface area (Å²) in [5.74, 6) is -0.786. The van der Waals surface area contributed by atoms with Crippen LogP contribution in [0.2, 0.25) is 0 Å². The Balaban J connectivity index is 0.000000461. The van der Waals surface area contributed by atoms with Crippen molar-refractivity contribution in [2.45, 2.75) is 12.5 Å². The van der Waals surface area contributed by atoms with Crippen LogP contribution in [0.4, 0.5) is 5.69 Å². The van der Waals surface area contributed by atoms with Gasteiger partial charge < -0.3 is 15.5 Å². The van der Waals surface area contributed by atoms with Crippen molar-refractivity contribution in [2.75, 3.05) is 12.4 Å². The summed E-state index contributed by atoms with van der Waals surface area (Å²) in [5.41, 5.74) is 2.04. The first-order valence-electron chi connectivity index (χ1n) is 4.29. The standard InChI is InChI=1S/C9H9NO2.CH4O/c11-9(12)8-5-6-3-1-2-4-7(6)10-8;1-2/h1-4,8,10H,5H2,(H,11,12);2H,1H3. The molecule has 0 saturated carbocycles. The van der Waals surface area contributed by atoms with Crippen molar-refractivity contribution in [1.82, 2.24) is 0 Å². The number of carbonyl (C=O) groups is 1. The molecule has 76 valence electrons. The number of aliphatic hydroxyl groups excluding tert-OH is 1. The number of aliphatic hydroxyl groups is 1. The highest BCUT2D eigenvalue weighted by molar-refractivity contribution is 5.81. The van der Waals surface area contributed by atoms with Gasteiger partial charge in [-0.3, -0.25) is 0 Å². The molecule has 0 fully saturated rings. The SMILES string of the molecule is CO.O=C(O)C1Cc2ccccc2N1. The number of carboxylic acids is 1. The number of anilines is 1. The van der Waals surface area contributed by atoms with E-state index in [1.54, 1.807) is 0 Å². The van der Waals surface area contributed by atoms with Crippen LogP contribution in [0.3, 0.4) is 0 Å². The van der Waals surface area contributed by atoms with Gasteiger partial charge in [-0.25, -0.2) is 4.79 Å². The van der Waals surface area contributed by atoms with E-state index in [0.29, 0.717) is 6.42 Å². The number of rotatable bonds is 1. The van der Waals surface area contributed by atoms with Crippen molar-refractivity contribution < 1.29 is 15.0 Å². The van der Waals surface area contributed by atoms with Gasteiger partial charge in [0.05, 0.1) is 0 Å². The van der Waals surface area contributed by atoms with E-state index in [4.69, 9.17) is 10.2 Å². The summed E-state index contributed by atoms with van der Waals surface area (Å²) in [4.78, 5) is 10.6. The van der Waals surface area contributed by atoms with E-state index in [9.17, 15) is 4.79 Å². The molecule has 1 unspecified atom stereocenters. The van der Waals surface area contributed by atoms with Gasteiger partial charge in [0.2, 0.25) is 0 Å². The molecule has 0 aromatic heterocycles. The molecule has 1 aliphatic heterocycles. The zero-order valence-electron chi connectivity index (χ0n) is 7.90. The van der Waals surface area contributed by atoms with Gasteiger partial charge in [-0.15, -0.1) is 0 Å². The molecule has 3 N–H and O–H groups in total. The Morgan fingerprint density at radius 2 is 2.07 bits per heavy atom. The minimum absolute atomic E-state index is 0.442.